The van der Waals surface area contributed by atoms with Crippen molar-refractivity contribution < 1.29 is 18.9 Å². The molecule has 0 bridgehead atoms. The molecule has 1 fully saturated rings. The number of benzene rings is 1. The highest BCUT2D eigenvalue weighted by Gasteiger charge is 2.27. The number of nitrogens with zero attached hydrogens (tertiary/aromatic N) is 1. The first kappa shape index (κ1) is 17.2. The Bertz CT molecular complexity index is 747. The van der Waals surface area contributed by atoms with Gasteiger partial charge in [0.15, 0.2) is 12.3 Å². The largest absolute Gasteiger partial charge is 0.459 e. The Morgan fingerprint density at radius 1 is 1.16 bits per heavy atom. The molecule has 2 N–H and O–H groups in total. The fourth-order valence-electron chi connectivity index (χ4n) is 3.07. The third-order valence-electron chi connectivity index (χ3n) is 4.78. The van der Waals surface area contributed by atoms with Crippen LogP contribution < -0.4 is 10.2 Å². The van der Waals surface area contributed by atoms with Crippen LogP contribution >= 0.6 is 0 Å². The van der Waals surface area contributed by atoms with Gasteiger partial charge >= 0.3 is 0 Å². The van der Waals surface area contributed by atoms with Crippen LogP contribution in [0, 0.1) is 13.8 Å². The molecule has 0 aliphatic carbocycles. The van der Waals surface area contributed by atoms with E-state index in [0.29, 0.717) is 25.4 Å². The van der Waals surface area contributed by atoms with E-state index >= 15 is 0 Å². The Morgan fingerprint density at radius 2 is 1.92 bits per heavy atom. The van der Waals surface area contributed by atoms with Crippen LogP contribution in [0.3, 0.4) is 0 Å². The molecule has 2 heterocycles. The van der Waals surface area contributed by atoms with Crippen LogP contribution in [0.4, 0.5) is 5.69 Å². The number of carbonyl (C=O) groups is 2. The smallest absolute Gasteiger partial charge is 0.289 e. The summed E-state index contributed by atoms with van der Waals surface area (Å²) < 4.78 is 5.16. The molecule has 6 heteroatoms. The van der Waals surface area contributed by atoms with E-state index in [-0.39, 0.29) is 11.8 Å². The van der Waals surface area contributed by atoms with E-state index in [1.54, 1.807) is 17.0 Å². The van der Waals surface area contributed by atoms with Gasteiger partial charge in [-0.3, -0.25) is 9.59 Å². The van der Waals surface area contributed by atoms with E-state index in [1.165, 1.54) is 11.2 Å². The van der Waals surface area contributed by atoms with Gasteiger partial charge in [-0.25, -0.2) is 0 Å². The number of rotatable bonds is 4. The van der Waals surface area contributed by atoms with Crippen molar-refractivity contribution >= 4 is 17.5 Å². The average molecular weight is 342 g/mol. The Labute approximate surface area is 147 Å². The summed E-state index contributed by atoms with van der Waals surface area (Å²) in [5.74, 6) is 0.300. The minimum atomic E-state index is -0.0797. The lowest BCUT2D eigenvalue weighted by Gasteiger charge is -2.31. The predicted molar refractivity (Wildman–Crippen MR) is 94.7 cm³/mol. The maximum Gasteiger partial charge on any atom is 0.289 e. The van der Waals surface area contributed by atoms with Crippen LogP contribution in [-0.2, 0) is 4.79 Å². The molecule has 1 aliphatic heterocycles. The number of piperazine rings is 1. The molecule has 0 unspecified atom stereocenters. The molecule has 0 atom stereocenters. The van der Waals surface area contributed by atoms with Crippen LogP contribution in [0.25, 0.3) is 0 Å². The van der Waals surface area contributed by atoms with Gasteiger partial charge in [0.2, 0.25) is 0 Å². The van der Waals surface area contributed by atoms with Crippen LogP contribution in [0.5, 0.6) is 0 Å². The van der Waals surface area contributed by atoms with Gasteiger partial charge in [0.1, 0.15) is 0 Å². The second-order valence-electron chi connectivity index (χ2n) is 6.49. The van der Waals surface area contributed by atoms with E-state index in [1.807, 2.05) is 32.0 Å². The lowest BCUT2D eigenvalue weighted by molar-refractivity contribution is -0.895. The lowest BCUT2D eigenvalue weighted by Crippen LogP contribution is -3.15. The number of hydrogen-bond acceptors (Lipinski definition) is 3. The summed E-state index contributed by atoms with van der Waals surface area (Å²) in [6, 6.07) is 9.30. The number of aryl methyl sites for hydroxylation is 1. The first-order valence-electron chi connectivity index (χ1n) is 8.57. The van der Waals surface area contributed by atoms with Crippen molar-refractivity contribution in [1.29, 1.82) is 0 Å². The van der Waals surface area contributed by atoms with E-state index in [4.69, 9.17) is 4.42 Å². The number of carbonyl (C=O) groups excluding carboxylic acids is 2. The van der Waals surface area contributed by atoms with Gasteiger partial charge in [-0.15, -0.1) is 0 Å². The molecule has 6 nitrogen and oxygen atoms in total. The summed E-state index contributed by atoms with van der Waals surface area (Å²) >= 11 is 0. The van der Waals surface area contributed by atoms with Crippen molar-refractivity contribution in [1.82, 2.24) is 4.90 Å². The summed E-state index contributed by atoms with van der Waals surface area (Å²) in [6.45, 7) is 7.23. The van der Waals surface area contributed by atoms with Gasteiger partial charge in [-0.1, -0.05) is 12.1 Å². The topological polar surface area (TPSA) is 67.0 Å². The zero-order valence-corrected chi connectivity index (χ0v) is 14.7. The minimum Gasteiger partial charge on any atom is -0.459 e. The van der Waals surface area contributed by atoms with E-state index < -0.39 is 0 Å². The Balaban J connectivity index is 1.49. The molecule has 1 aromatic heterocycles. The van der Waals surface area contributed by atoms with Crippen LogP contribution in [0.1, 0.15) is 21.7 Å². The van der Waals surface area contributed by atoms with Crippen molar-refractivity contribution in [3.8, 4) is 0 Å². The average Bonchev–Trinajstić information content (AvgIpc) is 3.13. The minimum absolute atomic E-state index is 0.00881. The fourth-order valence-corrected chi connectivity index (χ4v) is 3.07. The highest BCUT2D eigenvalue weighted by molar-refractivity contribution is 5.92. The van der Waals surface area contributed by atoms with Crippen molar-refractivity contribution in [2.45, 2.75) is 13.8 Å². The Morgan fingerprint density at radius 3 is 2.60 bits per heavy atom. The van der Waals surface area contributed by atoms with E-state index in [0.717, 1.165) is 29.9 Å². The van der Waals surface area contributed by atoms with Gasteiger partial charge in [0.25, 0.3) is 11.8 Å². The molecule has 0 radical (unpaired) electrons. The molecule has 3 rings (SSSR count). The highest BCUT2D eigenvalue weighted by atomic mass is 16.3. The fraction of sp³-hybridized carbons (Fsp3) is 0.368. The zero-order valence-electron chi connectivity index (χ0n) is 14.7. The van der Waals surface area contributed by atoms with Crippen LogP contribution in [0.2, 0.25) is 0 Å². The molecule has 1 aliphatic rings. The second-order valence-corrected chi connectivity index (χ2v) is 6.49. The number of amides is 2. The third-order valence-corrected chi connectivity index (χ3v) is 4.78. The normalized spacial score (nSPS) is 15.2. The maximum absolute atomic E-state index is 12.3. The first-order chi connectivity index (χ1) is 12.0. The summed E-state index contributed by atoms with van der Waals surface area (Å²) in [7, 11) is 0. The van der Waals surface area contributed by atoms with E-state index in [2.05, 4.69) is 5.32 Å². The van der Waals surface area contributed by atoms with Crippen LogP contribution in [0.15, 0.2) is 41.0 Å². The number of hydrogen-bond donors (Lipinski definition) is 2. The predicted octanol–water partition coefficient (Wildman–Crippen LogP) is 0.876. The molecule has 2 aromatic rings. The number of nitrogens with one attached hydrogen (secondary N) is 2. The zero-order chi connectivity index (χ0) is 17.8. The van der Waals surface area contributed by atoms with Crippen LogP contribution in [-0.4, -0.2) is 49.4 Å². The second kappa shape index (κ2) is 7.53. The molecule has 1 saturated heterocycles. The summed E-state index contributed by atoms with van der Waals surface area (Å²) in [4.78, 5) is 27.5. The standard InChI is InChI=1S/C19H23N3O3/c1-14-5-3-6-16(15(14)2)20-18(23)13-21-8-10-22(11-9-21)19(24)17-7-4-12-25-17/h3-7,12H,8-11,13H2,1-2H3,(H,20,23)/p+1. The highest BCUT2D eigenvalue weighted by Crippen LogP contribution is 2.17. The molecular weight excluding hydrogens is 318 g/mol. The summed E-state index contributed by atoms with van der Waals surface area (Å²) in [6.07, 6.45) is 1.51. The van der Waals surface area contributed by atoms with Crippen molar-refractivity contribution in [2.75, 3.05) is 38.0 Å². The third kappa shape index (κ3) is 4.09. The Hall–Kier alpha value is -2.60. The monoisotopic (exact) mass is 342 g/mol. The van der Waals surface area contributed by atoms with Gasteiger partial charge in [-0.05, 0) is 43.2 Å². The lowest BCUT2D eigenvalue weighted by atomic mass is 10.1. The molecule has 2 amide bonds. The molecule has 0 spiro atoms. The van der Waals surface area contributed by atoms with Gasteiger partial charge in [-0.2, -0.15) is 0 Å². The SMILES string of the molecule is Cc1cccc(NC(=O)C[NH+]2CCN(C(=O)c3ccco3)CC2)c1C. The van der Waals surface area contributed by atoms with Gasteiger partial charge < -0.3 is 19.5 Å². The quantitative estimate of drug-likeness (QED) is 0.867. The van der Waals surface area contributed by atoms with Gasteiger partial charge in [0, 0.05) is 5.69 Å². The summed E-state index contributed by atoms with van der Waals surface area (Å²) in [5, 5.41) is 3.00. The number of quaternary nitrogens is 1. The Kier molecular flexibility index (Phi) is 5.19. The van der Waals surface area contributed by atoms with Crippen molar-refractivity contribution in [3.63, 3.8) is 0 Å². The molecule has 132 valence electrons. The van der Waals surface area contributed by atoms with E-state index in [9.17, 15) is 9.59 Å². The van der Waals surface area contributed by atoms with Crippen molar-refractivity contribution in [3.05, 3.63) is 53.5 Å². The molecule has 1 aromatic carbocycles. The van der Waals surface area contributed by atoms with Crippen molar-refractivity contribution in [2.24, 2.45) is 0 Å². The molecule has 0 saturated carbocycles. The van der Waals surface area contributed by atoms with Gasteiger partial charge in [0.05, 0.1) is 32.4 Å². The number of anilines is 1. The summed E-state index contributed by atoms with van der Waals surface area (Å²) in [5.41, 5.74) is 3.13. The molecular formula is C19H24N3O3+. The number of furan rings is 1. The maximum atomic E-state index is 12.3. The first-order valence-corrected chi connectivity index (χ1v) is 8.57. The molecule has 25 heavy (non-hydrogen) atoms.